The molecule has 2 aliphatic heterocycles. The molecule has 0 radical (unpaired) electrons. The van der Waals surface area contributed by atoms with Crippen molar-refractivity contribution in [2.75, 3.05) is 29.9 Å². The number of anilines is 3. The highest BCUT2D eigenvalue weighted by Gasteiger charge is 2.44. The van der Waals surface area contributed by atoms with Crippen molar-refractivity contribution in [2.45, 2.75) is 24.8 Å². The molecule has 1 fully saturated rings. The maximum Gasteiger partial charge on any atom is 0.145 e. The Morgan fingerprint density at radius 2 is 1.88 bits per heavy atom. The first-order chi connectivity index (χ1) is 15.7. The van der Waals surface area contributed by atoms with E-state index in [0.717, 1.165) is 66.6 Å². The summed E-state index contributed by atoms with van der Waals surface area (Å²) in [7, 11) is 0. The van der Waals surface area contributed by atoms with Gasteiger partial charge in [0.05, 0.1) is 5.39 Å². The summed E-state index contributed by atoms with van der Waals surface area (Å²) < 4.78 is 0. The predicted molar refractivity (Wildman–Crippen MR) is 130 cm³/mol. The summed E-state index contributed by atoms with van der Waals surface area (Å²) in [6.45, 7) is 3.80. The van der Waals surface area contributed by atoms with Crippen LogP contribution in [0.4, 0.5) is 17.2 Å². The first-order valence-electron chi connectivity index (χ1n) is 11.1. The molecule has 6 nitrogen and oxygen atoms in total. The van der Waals surface area contributed by atoms with Crippen LogP contribution in [0, 0.1) is 0 Å². The summed E-state index contributed by atoms with van der Waals surface area (Å²) in [6.07, 6.45) is 5.84. The van der Waals surface area contributed by atoms with E-state index < -0.39 is 0 Å². The number of halogens is 1. The molecule has 0 bridgehead atoms. The SMILES string of the molecule is Clc1ccc(CNc2ccc3c(c2)C2(CCNCC2)CN3c2ncnc3[nH]ccc23)cc1. The van der Waals surface area contributed by atoms with Crippen LogP contribution in [0.1, 0.15) is 24.0 Å². The number of nitrogens with one attached hydrogen (secondary N) is 3. The highest BCUT2D eigenvalue weighted by molar-refractivity contribution is 6.30. The molecule has 2 aromatic carbocycles. The van der Waals surface area contributed by atoms with Crippen LogP contribution >= 0.6 is 11.6 Å². The van der Waals surface area contributed by atoms with Gasteiger partial charge in [0.2, 0.25) is 0 Å². The van der Waals surface area contributed by atoms with Crippen molar-refractivity contribution in [3.05, 3.63) is 77.2 Å². The van der Waals surface area contributed by atoms with Gasteiger partial charge in [-0.05, 0) is 73.5 Å². The number of aromatic amines is 1. The molecular formula is C25H25ClN6. The molecule has 0 aliphatic carbocycles. The maximum atomic E-state index is 6.03. The fraction of sp³-hybridized carbons (Fsp3) is 0.280. The first kappa shape index (κ1) is 19.6. The highest BCUT2D eigenvalue weighted by atomic mass is 35.5. The van der Waals surface area contributed by atoms with Crippen LogP contribution < -0.4 is 15.5 Å². The van der Waals surface area contributed by atoms with Crippen molar-refractivity contribution < 1.29 is 0 Å². The Hall–Kier alpha value is -3.09. The number of benzene rings is 2. The molecule has 3 N–H and O–H groups in total. The van der Waals surface area contributed by atoms with E-state index >= 15 is 0 Å². The fourth-order valence-electron chi connectivity index (χ4n) is 5.18. The van der Waals surface area contributed by atoms with E-state index in [4.69, 9.17) is 16.6 Å². The van der Waals surface area contributed by atoms with Gasteiger partial charge in [-0.1, -0.05) is 23.7 Å². The summed E-state index contributed by atoms with van der Waals surface area (Å²) in [5, 5.41) is 8.97. The van der Waals surface area contributed by atoms with Gasteiger partial charge >= 0.3 is 0 Å². The number of piperidine rings is 1. The fourth-order valence-corrected chi connectivity index (χ4v) is 5.31. The van der Waals surface area contributed by atoms with Gasteiger partial charge in [-0.15, -0.1) is 0 Å². The van der Waals surface area contributed by atoms with Crippen LogP contribution in [-0.4, -0.2) is 34.6 Å². The smallest absolute Gasteiger partial charge is 0.145 e. The molecule has 0 atom stereocenters. The molecular weight excluding hydrogens is 420 g/mol. The largest absolute Gasteiger partial charge is 0.381 e. The van der Waals surface area contributed by atoms with Gasteiger partial charge in [-0.25, -0.2) is 9.97 Å². The van der Waals surface area contributed by atoms with Gasteiger partial charge in [0.1, 0.15) is 17.8 Å². The van der Waals surface area contributed by atoms with Crippen molar-refractivity contribution in [1.29, 1.82) is 0 Å². The third kappa shape index (κ3) is 3.31. The van der Waals surface area contributed by atoms with Gasteiger partial charge in [-0.2, -0.15) is 0 Å². The van der Waals surface area contributed by atoms with Crippen LogP contribution in [0.25, 0.3) is 11.0 Å². The zero-order valence-corrected chi connectivity index (χ0v) is 18.5. The lowest BCUT2D eigenvalue weighted by Crippen LogP contribution is -2.42. The Labute approximate surface area is 192 Å². The molecule has 4 aromatic rings. The van der Waals surface area contributed by atoms with E-state index in [1.807, 2.05) is 18.3 Å². The number of hydrogen-bond donors (Lipinski definition) is 3. The van der Waals surface area contributed by atoms with Crippen LogP contribution in [0.5, 0.6) is 0 Å². The molecule has 4 heterocycles. The lowest BCUT2D eigenvalue weighted by molar-refractivity contribution is 0.329. The summed E-state index contributed by atoms with van der Waals surface area (Å²) in [4.78, 5) is 14.7. The number of hydrogen-bond acceptors (Lipinski definition) is 5. The quantitative estimate of drug-likeness (QED) is 0.413. The van der Waals surface area contributed by atoms with E-state index in [0.29, 0.717) is 0 Å². The zero-order valence-electron chi connectivity index (χ0n) is 17.7. The maximum absolute atomic E-state index is 6.03. The minimum atomic E-state index is 0.131. The Morgan fingerprint density at radius 1 is 1.03 bits per heavy atom. The summed E-state index contributed by atoms with van der Waals surface area (Å²) >= 11 is 6.03. The third-order valence-electron chi connectivity index (χ3n) is 6.88. The van der Waals surface area contributed by atoms with Crippen molar-refractivity contribution in [3.63, 3.8) is 0 Å². The molecule has 2 aromatic heterocycles. The Kier molecular flexibility index (Phi) is 4.77. The molecule has 0 saturated carbocycles. The molecule has 1 saturated heterocycles. The van der Waals surface area contributed by atoms with Gasteiger partial charge in [0.15, 0.2) is 0 Å². The monoisotopic (exact) mass is 444 g/mol. The number of nitrogens with zero attached hydrogens (tertiary/aromatic N) is 3. The Morgan fingerprint density at radius 3 is 2.72 bits per heavy atom. The first-order valence-corrected chi connectivity index (χ1v) is 11.5. The Balaban J connectivity index is 1.37. The second kappa shape index (κ2) is 7.80. The summed E-state index contributed by atoms with van der Waals surface area (Å²) in [6, 6.07) is 16.9. The molecule has 32 heavy (non-hydrogen) atoms. The minimum Gasteiger partial charge on any atom is -0.381 e. The molecule has 162 valence electrons. The second-order valence-electron chi connectivity index (χ2n) is 8.77. The van der Waals surface area contributed by atoms with Crippen LogP contribution in [-0.2, 0) is 12.0 Å². The predicted octanol–water partition coefficient (Wildman–Crippen LogP) is 5.00. The summed E-state index contributed by atoms with van der Waals surface area (Å²) in [5.41, 5.74) is 6.04. The number of rotatable bonds is 4. The molecule has 1 spiro atoms. The van der Waals surface area contributed by atoms with Gasteiger partial charge in [0, 0.05) is 41.1 Å². The number of H-pyrrole nitrogens is 1. The number of aromatic nitrogens is 3. The van der Waals surface area contributed by atoms with E-state index in [-0.39, 0.29) is 5.41 Å². The lowest BCUT2D eigenvalue weighted by atomic mass is 9.74. The van der Waals surface area contributed by atoms with Crippen molar-refractivity contribution in [3.8, 4) is 0 Å². The number of fused-ring (bicyclic) bond motifs is 3. The minimum absolute atomic E-state index is 0.131. The van der Waals surface area contributed by atoms with Gasteiger partial charge in [0.25, 0.3) is 0 Å². The van der Waals surface area contributed by atoms with Crippen LogP contribution in [0.2, 0.25) is 5.02 Å². The van der Waals surface area contributed by atoms with E-state index in [1.54, 1.807) is 6.33 Å². The van der Waals surface area contributed by atoms with Crippen molar-refractivity contribution in [1.82, 2.24) is 20.3 Å². The average molecular weight is 445 g/mol. The molecule has 6 rings (SSSR count). The van der Waals surface area contributed by atoms with E-state index in [2.05, 4.69) is 61.9 Å². The van der Waals surface area contributed by atoms with Crippen LogP contribution in [0.3, 0.4) is 0 Å². The molecule has 0 amide bonds. The van der Waals surface area contributed by atoms with Gasteiger partial charge in [-0.3, -0.25) is 0 Å². The molecule has 2 aliphatic rings. The zero-order chi connectivity index (χ0) is 21.5. The topological polar surface area (TPSA) is 68.9 Å². The lowest BCUT2D eigenvalue weighted by Gasteiger charge is -2.35. The van der Waals surface area contributed by atoms with Crippen LogP contribution in [0.15, 0.2) is 61.1 Å². The molecule has 7 heteroatoms. The summed E-state index contributed by atoms with van der Waals surface area (Å²) in [5.74, 6) is 0.981. The van der Waals surface area contributed by atoms with E-state index in [9.17, 15) is 0 Å². The second-order valence-corrected chi connectivity index (χ2v) is 9.20. The highest BCUT2D eigenvalue weighted by Crippen LogP contribution is 2.50. The average Bonchev–Trinajstić information content (AvgIpc) is 3.43. The third-order valence-corrected chi connectivity index (χ3v) is 7.13. The van der Waals surface area contributed by atoms with E-state index in [1.165, 1.54) is 16.8 Å². The Bertz CT molecular complexity index is 1260. The van der Waals surface area contributed by atoms with Crippen molar-refractivity contribution >= 4 is 39.8 Å². The van der Waals surface area contributed by atoms with Crippen molar-refractivity contribution in [2.24, 2.45) is 0 Å². The standard InChI is InChI=1S/C25H25ClN6/c26-18-3-1-17(2-4-18)14-29-19-5-6-22-21(13-19)25(8-11-27-12-9-25)15-32(22)24-20-7-10-28-23(20)30-16-31-24/h1-7,10,13,16,27,29H,8-9,11-12,14-15H2,(H,28,30,31). The van der Waals surface area contributed by atoms with Gasteiger partial charge < -0.3 is 20.5 Å². The normalized spacial score (nSPS) is 17.1. The molecule has 0 unspecified atom stereocenters.